The third kappa shape index (κ3) is 3.07. The number of ether oxygens (including phenoxy) is 1. The van der Waals surface area contributed by atoms with E-state index >= 15 is 0 Å². The first-order chi connectivity index (χ1) is 9.08. The monoisotopic (exact) mass is 259 g/mol. The van der Waals surface area contributed by atoms with Crippen LogP contribution >= 0.6 is 0 Å². The highest BCUT2D eigenvalue weighted by molar-refractivity contribution is 6.06. The normalized spacial score (nSPS) is 17.7. The number of nitrogens with one attached hydrogen (secondary N) is 1. The molecular formula is C14H13NO4. The Hall–Kier alpha value is -2.43. The fraction of sp³-hybridized carbons (Fsp3) is 0.214. The number of carbonyl (C=O) groups excluding carboxylic acids is 3. The Bertz CT molecular complexity index is 562. The van der Waals surface area contributed by atoms with Crippen molar-refractivity contribution < 1.29 is 19.1 Å². The maximum absolute atomic E-state index is 12.3. The van der Waals surface area contributed by atoms with Gasteiger partial charge in [-0.25, -0.2) is 0 Å². The molecule has 1 aromatic carbocycles. The van der Waals surface area contributed by atoms with Crippen LogP contribution in [0, 0.1) is 0 Å². The second kappa shape index (κ2) is 5.48. The van der Waals surface area contributed by atoms with Crippen molar-refractivity contribution >= 4 is 17.5 Å². The van der Waals surface area contributed by atoms with Gasteiger partial charge in [0.15, 0.2) is 11.6 Å². The van der Waals surface area contributed by atoms with Crippen LogP contribution in [-0.4, -0.2) is 23.6 Å². The van der Waals surface area contributed by atoms with E-state index < -0.39 is 12.0 Å². The average Bonchev–Trinajstić information content (AvgIpc) is 2.38. The fourth-order valence-corrected chi connectivity index (χ4v) is 1.86. The minimum atomic E-state index is -0.616. The predicted molar refractivity (Wildman–Crippen MR) is 67.8 cm³/mol. The quantitative estimate of drug-likeness (QED) is 0.502. The van der Waals surface area contributed by atoms with Gasteiger partial charge in [-0.15, -0.1) is 0 Å². The van der Waals surface area contributed by atoms with Crippen LogP contribution in [0.1, 0.15) is 23.7 Å². The molecule has 1 heterocycles. The summed E-state index contributed by atoms with van der Waals surface area (Å²) in [6, 6.07) is 5.87. The molecule has 0 aromatic heterocycles. The smallest absolute Gasteiger partial charge is 0.308 e. The number of allylic oxidation sites excluding steroid dienone is 1. The summed E-state index contributed by atoms with van der Waals surface area (Å²) < 4.78 is 4.99. The lowest BCUT2D eigenvalue weighted by Crippen LogP contribution is -2.38. The molecule has 0 bridgehead atoms. The molecule has 0 fully saturated rings. The summed E-state index contributed by atoms with van der Waals surface area (Å²) in [6.07, 6.45) is 2.95. The second-order valence-corrected chi connectivity index (χ2v) is 4.18. The van der Waals surface area contributed by atoms with E-state index in [2.05, 4.69) is 5.32 Å². The Morgan fingerprint density at radius 1 is 1.32 bits per heavy atom. The number of carbonyl (C=O) groups is 3. The topological polar surface area (TPSA) is 72.5 Å². The lowest BCUT2D eigenvalue weighted by atomic mass is 9.97. The van der Waals surface area contributed by atoms with Gasteiger partial charge >= 0.3 is 5.97 Å². The van der Waals surface area contributed by atoms with Gasteiger partial charge in [0, 0.05) is 19.5 Å². The van der Waals surface area contributed by atoms with Crippen molar-refractivity contribution in [2.75, 3.05) is 0 Å². The zero-order valence-electron chi connectivity index (χ0n) is 10.4. The van der Waals surface area contributed by atoms with Crippen molar-refractivity contribution in [3.8, 4) is 5.75 Å². The molecule has 1 aromatic rings. The fourth-order valence-electron chi connectivity index (χ4n) is 1.86. The van der Waals surface area contributed by atoms with Crippen LogP contribution in [0.5, 0.6) is 5.75 Å². The van der Waals surface area contributed by atoms with Gasteiger partial charge in [-0.05, 0) is 18.2 Å². The summed E-state index contributed by atoms with van der Waals surface area (Å²) in [5.41, 5.74) is 0.290. The molecule has 19 heavy (non-hydrogen) atoms. The number of para-hydroxylation sites is 1. The molecule has 2 rings (SSSR count). The Balaban J connectivity index is 2.26. The molecular weight excluding hydrogens is 246 g/mol. The first-order valence-corrected chi connectivity index (χ1v) is 5.85. The third-order valence-corrected chi connectivity index (χ3v) is 2.69. The lowest BCUT2D eigenvalue weighted by molar-refractivity contribution is -0.131. The third-order valence-electron chi connectivity index (χ3n) is 2.69. The minimum Gasteiger partial charge on any atom is -0.426 e. The SMILES string of the molecule is CC(=O)Oc1ccccc1C(=O)C1CC(=O)C=CN1. The predicted octanol–water partition coefficient (Wildman–Crippen LogP) is 1.24. The Morgan fingerprint density at radius 2 is 2.05 bits per heavy atom. The van der Waals surface area contributed by atoms with Gasteiger partial charge in [-0.3, -0.25) is 14.4 Å². The van der Waals surface area contributed by atoms with Crippen molar-refractivity contribution in [3.05, 3.63) is 42.1 Å². The van der Waals surface area contributed by atoms with Crippen molar-refractivity contribution in [1.29, 1.82) is 0 Å². The van der Waals surface area contributed by atoms with Crippen molar-refractivity contribution in [2.24, 2.45) is 0 Å². The van der Waals surface area contributed by atoms with Crippen molar-refractivity contribution in [2.45, 2.75) is 19.4 Å². The van der Waals surface area contributed by atoms with Crippen molar-refractivity contribution in [3.63, 3.8) is 0 Å². The zero-order chi connectivity index (χ0) is 13.8. The van der Waals surface area contributed by atoms with E-state index in [0.717, 1.165) is 0 Å². The Kier molecular flexibility index (Phi) is 3.75. The van der Waals surface area contributed by atoms with E-state index in [-0.39, 0.29) is 23.7 Å². The molecule has 98 valence electrons. The summed E-state index contributed by atoms with van der Waals surface area (Å²) in [7, 11) is 0. The Labute approximate surface area is 110 Å². The van der Waals surface area contributed by atoms with Gasteiger partial charge in [-0.1, -0.05) is 12.1 Å². The van der Waals surface area contributed by atoms with E-state index in [4.69, 9.17) is 4.74 Å². The van der Waals surface area contributed by atoms with Gasteiger partial charge in [0.05, 0.1) is 11.6 Å². The second-order valence-electron chi connectivity index (χ2n) is 4.18. The highest BCUT2D eigenvalue weighted by atomic mass is 16.5. The molecule has 1 aliphatic rings. The molecule has 5 nitrogen and oxygen atoms in total. The number of esters is 1. The molecule has 0 radical (unpaired) electrons. The van der Waals surface area contributed by atoms with E-state index in [1.54, 1.807) is 24.3 Å². The van der Waals surface area contributed by atoms with Crippen LogP contribution in [0.25, 0.3) is 0 Å². The minimum absolute atomic E-state index is 0.101. The van der Waals surface area contributed by atoms with Crippen LogP contribution in [-0.2, 0) is 9.59 Å². The molecule has 1 aliphatic heterocycles. The van der Waals surface area contributed by atoms with Crippen LogP contribution in [0.3, 0.4) is 0 Å². The molecule has 0 saturated heterocycles. The van der Waals surface area contributed by atoms with E-state index in [1.165, 1.54) is 19.2 Å². The van der Waals surface area contributed by atoms with E-state index in [0.29, 0.717) is 5.56 Å². The van der Waals surface area contributed by atoms with Crippen LogP contribution in [0.4, 0.5) is 0 Å². The van der Waals surface area contributed by atoms with Crippen LogP contribution in [0.2, 0.25) is 0 Å². The van der Waals surface area contributed by atoms with E-state index in [9.17, 15) is 14.4 Å². The molecule has 1 N–H and O–H groups in total. The number of benzene rings is 1. The number of hydrogen-bond acceptors (Lipinski definition) is 5. The molecule has 0 spiro atoms. The molecule has 0 amide bonds. The number of Topliss-reactive ketones (excluding diaryl/α,β-unsaturated/α-hetero) is 1. The largest absolute Gasteiger partial charge is 0.426 e. The van der Waals surface area contributed by atoms with Crippen molar-refractivity contribution in [1.82, 2.24) is 5.32 Å². The summed E-state index contributed by atoms with van der Waals surface area (Å²) in [5.74, 6) is -0.659. The molecule has 0 aliphatic carbocycles. The Morgan fingerprint density at radius 3 is 2.74 bits per heavy atom. The molecule has 1 unspecified atom stereocenters. The maximum atomic E-state index is 12.3. The molecule has 1 atom stereocenters. The standard InChI is InChI=1S/C14H13NO4/c1-9(16)19-13-5-3-2-4-11(13)14(18)12-8-10(17)6-7-15-12/h2-7,12,15H,8H2,1H3. The van der Waals surface area contributed by atoms with E-state index in [1.807, 2.05) is 0 Å². The number of rotatable bonds is 3. The van der Waals surface area contributed by atoms with Gasteiger partial charge in [-0.2, -0.15) is 0 Å². The van der Waals surface area contributed by atoms with Gasteiger partial charge < -0.3 is 10.1 Å². The molecule has 5 heteroatoms. The first-order valence-electron chi connectivity index (χ1n) is 5.85. The van der Waals surface area contributed by atoms with Crippen LogP contribution < -0.4 is 10.1 Å². The highest BCUT2D eigenvalue weighted by Crippen LogP contribution is 2.21. The summed E-state index contributed by atoms with van der Waals surface area (Å²) in [5, 5.41) is 2.84. The number of hydrogen-bond donors (Lipinski definition) is 1. The average molecular weight is 259 g/mol. The van der Waals surface area contributed by atoms with Gasteiger partial charge in [0.1, 0.15) is 5.75 Å². The highest BCUT2D eigenvalue weighted by Gasteiger charge is 2.26. The number of ketones is 2. The summed E-state index contributed by atoms with van der Waals surface area (Å²) >= 11 is 0. The zero-order valence-corrected chi connectivity index (χ0v) is 10.4. The summed E-state index contributed by atoms with van der Waals surface area (Å²) in [6.45, 7) is 1.27. The van der Waals surface area contributed by atoms with Crippen LogP contribution in [0.15, 0.2) is 36.5 Å². The van der Waals surface area contributed by atoms with Gasteiger partial charge in [0.25, 0.3) is 0 Å². The van der Waals surface area contributed by atoms with Gasteiger partial charge in [0.2, 0.25) is 0 Å². The molecule has 0 saturated carbocycles. The maximum Gasteiger partial charge on any atom is 0.308 e. The lowest BCUT2D eigenvalue weighted by Gasteiger charge is -2.19. The first kappa shape index (κ1) is 13.0. The summed E-state index contributed by atoms with van der Waals surface area (Å²) in [4.78, 5) is 34.6.